The highest BCUT2D eigenvalue weighted by Gasteiger charge is 2.23. The van der Waals surface area contributed by atoms with E-state index in [1.54, 1.807) is 104 Å². The SMILES string of the molecule is Cc1ccc(C(=O)CSc2nnnn2-c2ccc(C(=O)O)cc2)o1.O=C(O)c1ccc(-n2nnnc2SCC(=O)c2cc3ccccc3oc2=O)cc1.O=C(O)c1ccc(-n2nnnc2SCC(=O)c2cccs2)cc1.O=C(O)c1ccc(-n2nnnc2SCC(=O)c2sc3ccccc3c2O)cc1. The molecule has 0 radical (unpaired) electrons. The monoisotopic (exact) mass is 1510 g/mol. The molecule has 6 aromatic carbocycles. The molecule has 522 valence electrons. The number of aryl methyl sites for hydroxylation is 1. The van der Waals surface area contributed by atoms with Gasteiger partial charge in [0.2, 0.25) is 26.4 Å². The van der Waals surface area contributed by atoms with Crippen LogP contribution in [-0.2, 0) is 0 Å². The summed E-state index contributed by atoms with van der Waals surface area (Å²) in [4.78, 5) is 106. The lowest BCUT2D eigenvalue weighted by Gasteiger charge is -2.05. The van der Waals surface area contributed by atoms with Crippen molar-refractivity contribution in [3.63, 3.8) is 0 Å². The number of ketones is 4. The molecule has 14 rings (SSSR count). The molecule has 104 heavy (non-hydrogen) atoms. The summed E-state index contributed by atoms with van der Waals surface area (Å²) in [6.07, 6.45) is 0. The molecule has 38 heteroatoms. The van der Waals surface area contributed by atoms with Gasteiger partial charge in [-0.25, -0.2) is 24.0 Å². The van der Waals surface area contributed by atoms with Crippen LogP contribution in [0.15, 0.2) is 216 Å². The molecule has 32 nitrogen and oxygen atoms in total. The molecule has 5 N–H and O–H groups in total. The molecular weight excluding hydrogens is 1470 g/mol. The molecule has 0 unspecified atom stereocenters. The lowest BCUT2D eigenvalue weighted by molar-refractivity contribution is 0.0686. The molecule has 0 aliphatic rings. The average molecular weight is 1510 g/mol. The average Bonchev–Trinajstić information content (AvgIpc) is 1.63. The lowest BCUT2D eigenvalue weighted by atomic mass is 10.1. The number of thioether (sulfide) groups is 4. The number of rotatable bonds is 24. The summed E-state index contributed by atoms with van der Waals surface area (Å²) in [6, 6.07) is 47.1. The summed E-state index contributed by atoms with van der Waals surface area (Å²) in [5.41, 5.74) is 2.67. The standard InChI is InChI=1S/C19H12N4O5S.C18H12N4O4S2.C15H12N4O4S.C14H10N4O3S2/c24-15(14-9-12-3-1-2-4-16(12)28-18(14)27)10-29-19-20-21-22-23(19)13-7-5-11(6-8-13)17(25)26;23-13(16-15(24)12-3-1-2-4-14(12)28-16)9-27-18-19-20-21-22(18)11-7-5-10(6-8-11)17(25)26;1-9-2-7-13(23-9)12(20)8-24-15-16-17-18-19(15)11-5-3-10(4-6-11)14(21)22;19-11(12-2-1-7-22-12)8-23-14-15-16-17-18(14)10-5-3-9(4-6-10)13(20)21/h1-9H,10H2,(H,25,26);1-8,24H,9H2,(H,25,26);2-7H,8H2,1H3,(H,21,22);1-7H,8H2,(H,20,21). The molecule has 0 saturated carbocycles. The van der Waals surface area contributed by atoms with E-state index in [2.05, 4.69) is 62.1 Å². The minimum absolute atomic E-state index is 0.00458. The van der Waals surface area contributed by atoms with Gasteiger partial charge in [0, 0.05) is 15.5 Å². The second-order valence-electron chi connectivity index (χ2n) is 20.9. The maximum atomic E-state index is 12.6. The molecule has 0 fully saturated rings. The summed E-state index contributed by atoms with van der Waals surface area (Å²) in [5.74, 6) is -3.55. The normalized spacial score (nSPS) is 10.8. The number of carboxylic acids is 4. The number of benzene rings is 6. The largest absolute Gasteiger partial charge is 0.506 e. The number of aromatic hydroxyl groups is 1. The quantitative estimate of drug-likeness (QED) is 0.0213. The highest BCUT2D eigenvalue weighted by atomic mass is 32.2. The van der Waals surface area contributed by atoms with Gasteiger partial charge in [0.05, 0.1) is 72.9 Å². The van der Waals surface area contributed by atoms with Gasteiger partial charge in [-0.05, 0) is 194 Å². The summed E-state index contributed by atoms with van der Waals surface area (Å²) in [5, 5.41) is 96.4. The van der Waals surface area contributed by atoms with Crippen LogP contribution in [0.25, 0.3) is 43.8 Å². The van der Waals surface area contributed by atoms with Crippen molar-refractivity contribution >= 4 is 138 Å². The van der Waals surface area contributed by atoms with Crippen molar-refractivity contribution in [3.05, 3.63) is 241 Å². The molecule has 0 saturated heterocycles. The fourth-order valence-corrected chi connectivity index (χ4v) is 14.0. The topological polar surface area (TPSA) is 455 Å². The number of carbonyl (C=O) groups excluding carboxylic acids is 4. The Morgan fingerprint density at radius 1 is 0.442 bits per heavy atom. The van der Waals surface area contributed by atoms with Crippen molar-refractivity contribution in [3.8, 4) is 28.5 Å². The van der Waals surface area contributed by atoms with Gasteiger partial charge in [-0.15, -0.1) is 43.1 Å². The summed E-state index contributed by atoms with van der Waals surface area (Å²) >= 11 is 7.24. The minimum atomic E-state index is -1.04. The Kier molecular flexibility index (Phi) is 23.6. The van der Waals surface area contributed by atoms with E-state index < -0.39 is 35.3 Å². The smallest absolute Gasteiger partial charge is 0.347 e. The van der Waals surface area contributed by atoms with Gasteiger partial charge in [0.1, 0.15) is 27.5 Å². The van der Waals surface area contributed by atoms with Crippen LogP contribution < -0.4 is 5.63 Å². The number of thiophene rings is 2. The van der Waals surface area contributed by atoms with E-state index in [1.165, 1.54) is 120 Å². The van der Waals surface area contributed by atoms with E-state index >= 15 is 0 Å². The third kappa shape index (κ3) is 18.0. The van der Waals surface area contributed by atoms with E-state index in [-0.39, 0.29) is 73.9 Å². The molecule has 0 atom stereocenters. The number of fused-ring (bicyclic) bond motifs is 2. The van der Waals surface area contributed by atoms with E-state index in [0.29, 0.717) is 81.0 Å². The predicted octanol–water partition coefficient (Wildman–Crippen LogP) is 10.3. The van der Waals surface area contributed by atoms with E-state index in [4.69, 9.17) is 29.3 Å². The Morgan fingerprint density at radius 2 is 0.846 bits per heavy atom. The molecule has 0 spiro atoms. The molecule has 0 aliphatic carbocycles. The van der Waals surface area contributed by atoms with Gasteiger partial charge < -0.3 is 34.4 Å². The second-order valence-corrected chi connectivity index (χ2v) is 26.7. The Bertz CT molecular complexity index is 5520. The number of tetrazole rings is 4. The van der Waals surface area contributed by atoms with Crippen LogP contribution in [-0.4, -0.2) is 176 Å². The van der Waals surface area contributed by atoms with Crippen LogP contribution >= 0.6 is 69.7 Å². The molecule has 8 heterocycles. The maximum Gasteiger partial charge on any atom is 0.347 e. The minimum Gasteiger partial charge on any atom is -0.506 e. The van der Waals surface area contributed by atoms with Gasteiger partial charge in [-0.3, -0.25) is 19.2 Å². The number of nitrogens with zero attached hydrogens (tertiary/aromatic N) is 16. The van der Waals surface area contributed by atoms with Crippen molar-refractivity contribution in [1.82, 2.24) is 80.8 Å². The van der Waals surface area contributed by atoms with Crippen LogP contribution in [0, 0.1) is 6.92 Å². The maximum absolute atomic E-state index is 12.6. The van der Waals surface area contributed by atoms with Gasteiger partial charge in [-0.2, -0.15) is 18.7 Å². The summed E-state index contributed by atoms with van der Waals surface area (Å²) in [6.45, 7) is 1.77. The summed E-state index contributed by atoms with van der Waals surface area (Å²) < 4.78 is 17.0. The fourth-order valence-electron chi connectivity index (χ4n) is 9.01. The van der Waals surface area contributed by atoms with Crippen LogP contribution in [0.5, 0.6) is 5.75 Å². The molecule has 8 aromatic heterocycles. The lowest BCUT2D eigenvalue weighted by Crippen LogP contribution is -2.16. The van der Waals surface area contributed by atoms with Gasteiger partial charge in [0.25, 0.3) is 0 Å². The van der Waals surface area contributed by atoms with Crippen molar-refractivity contribution in [2.24, 2.45) is 0 Å². The van der Waals surface area contributed by atoms with Crippen LogP contribution in [0.3, 0.4) is 0 Å². The first-order valence-corrected chi connectivity index (χ1v) is 35.4. The Balaban J connectivity index is 0.000000139. The number of Topliss-reactive ketones (excluding diaryl/α,β-unsaturated/α-hetero) is 4. The van der Waals surface area contributed by atoms with Crippen molar-refractivity contribution in [1.29, 1.82) is 0 Å². The Hall–Kier alpha value is -12.5. The van der Waals surface area contributed by atoms with Gasteiger partial charge in [-0.1, -0.05) is 83.4 Å². The summed E-state index contributed by atoms with van der Waals surface area (Å²) in [7, 11) is 0. The molecular formula is C66H46N16O16S6. The van der Waals surface area contributed by atoms with Crippen LogP contribution in [0.4, 0.5) is 0 Å². The number of hydrogen-bond donors (Lipinski definition) is 5. The van der Waals surface area contributed by atoms with Crippen molar-refractivity contribution in [2.45, 2.75) is 27.5 Å². The molecule has 14 aromatic rings. The van der Waals surface area contributed by atoms with E-state index in [9.17, 15) is 48.3 Å². The third-order valence-electron chi connectivity index (χ3n) is 14.1. The van der Waals surface area contributed by atoms with Gasteiger partial charge in [0.15, 0.2) is 23.1 Å². The number of carbonyl (C=O) groups is 8. The third-order valence-corrected chi connectivity index (χ3v) is 19.9. The van der Waals surface area contributed by atoms with Crippen molar-refractivity contribution in [2.75, 3.05) is 23.0 Å². The number of para-hydroxylation sites is 1. The van der Waals surface area contributed by atoms with E-state index in [1.807, 2.05) is 29.6 Å². The predicted molar refractivity (Wildman–Crippen MR) is 378 cm³/mol. The molecule has 0 bridgehead atoms. The van der Waals surface area contributed by atoms with Crippen LogP contribution in [0.2, 0.25) is 0 Å². The first-order chi connectivity index (χ1) is 50.3. The number of hydrogen-bond acceptors (Lipinski definition) is 30. The number of aromatic carboxylic acids is 4. The van der Waals surface area contributed by atoms with Crippen molar-refractivity contribution < 1.29 is 72.7 Å². The van der Waals surface area contributed by atoms with E-state index in [0.717, 1.165) is 28.2 Å². The zero-order chi connectivity index (χ0) is 73.4. The zero-order valence-corrected chi connectivity index (χ0v) is 57.9. The Morgan fingerprint density at radius 3 is 1.25 bits per heavy atom. The number of furan rings is 1. The van der Waals surface area contributed by atoms with Gasteiger partial charge >= 0.3 is 29.5 Å². The van der Waals surface area contributed by atoms with Crippen LogP contribution in [0.1, 0.15) is 87.4 Å². The number of aromatic nitrogens is 16. The fraction of sp³-hybridized carbons (Fsp3) is 0.0758. The zero-order valence-electron chi connectivity index (χ0n) is 53.0. The highest BCUT2D eigenvalue weighted by Crippen LogP contribution is 2.38. The second kappa shape index (κ2) is 33.8. The highest BCUT2D eigenvalue weighted by molar-refractivity contribution is 8.00. The molecule has 0 amide bonds. The first kappa shape index (κ1) is 72.8. The molecule has 0 aliphatic heterocycles. The Labute approximate surface area is 607 Å². The first-order valence-electron chi connectivity index (χ1n) is 29.7. The number of carboxylic acid groups (broad SMARTS) is 4.